The van der Waals surface area contributed by atoms with Gasteiger partial charge in [-0.2, -0.15) is 0 Å². The fraction of sp³-hybridized carbons (Fsp3) is 0.485. The third kappa shape index (κ3) is 7.54. The number of pyridine rings is 1. The summed E-state index contributed by atoms with van der Waals surface area (Å²) in [5.41, 5.74) is 4.70. The average molecular weight is 578 g/mol. The molecule has 0 bridgehead atoms. The molecule has 1 unspecified atom stereocenters. The first-order valence-corrected chi connectivity index (χ1v) is 16.7. The van der Waals surface area contributed by atoms with Crippen molar-refractivity contribution in [2.75, 3.05) is 11.9 Å². The predicted molar refractivity (Wildman–Crippen MR) is 170 cm³/mol. The van der Waals surface area contributed by atoms with E-state index in [4.69, 9.17) is 4.43 Å². The van der Waals surface area contributed by atoms with E-state index in [1.807, 2.05) is 42.6 Å². The fourth-order valence-electron chi connectivity index (χ4n) is 6.19. The number of carbonyl (C=O) groups is 2. The highest BCUT2D eigenvalue weighted by molar-refractivity contribution is 6.77. The minimum absolute atomic E-state index is 0.0383. The Kier molecular flexibility index (Phi) is 10.4. The maximum atomic E-state index is 13.7. The van der Waals surface area contributed by atoms with E-state index in [0.29, 0.717) is 28.9 Å². The van der Waals surface area contributed by atoms with Gasteiger partial charge < -0.3 is 20.2 Å². The van der Waals surface area contributed by atoms with E-state index < -0.39 is 20.3 Å². The van der Waals surface area contributed by atoms with Crippen molar-refractivity contribution < 1.29 is 19.1 Å². The molecule has 0 aliphatic rings. The fourth-order valence-corrected chi connectivity index (χ4v) is 11.6. The molecular formula is C33H47N3O4Si. The Hall–Kier alpha value is -3.23. The zero-order chi connectivity index (χ0) is 30.5. The van der Waals surface area contributed by atoms with E-state index in [9.17, 15) is 14.7 Å². The Labute approximate surface area is 246 Å². The van der Waals surface area contributed by atoms with Gasteiger partial charge in [-0.25, -0.2) is 4.79 Å². The Balaban J connectivity index is 1.89. The van der Waals surface area contributed by atoms with Crippen molar-refractivity contribution in [3.63, 3.8) is 0 Å². The molecule has 0 aliphatic heterocycles. The van der Waals surface area contributed by atoms with Gasteiger partial charge in [0, 0.05) is 30.0 Å². The Bertz CT molecular complexity index is 1330. The molecule has 0 aliphatic carbocycles. The molecule has 8 heteroatoms. The van der Waals surface area contributed by atoms with Crippen LogP contribution in [0.2, 0.25) is 16.6 Å². The molecular weight excluding hydrogens is 530 g/mol. The molecule has 1 heterocycles. The van der Waals surface area contributed by atoms with Crippen molar-refractivity contribution in [3.05, 3.63) is 71.5 Å². The van der Waals surface area contributed by atoms with Crippen molar-refractivity contribution in [2.45, 2.75) is 96.9 Å². The number of amides is 2. The summed E-state index contributed by atoms with van der Waals surface area (Å²) in [5.74, 6) is -0.981. The van der Waals surface area contributed by atoms with Crippen molar-refractivity contribution in [1.29, 1.82) is 0 Å². The molecule has 3 rings (SSSR count). The number of carboxylic acid groups (broad SMARTS) is 1. The van der Waals surface area contributed by atoms with Gasteiger partial charge in [0.25, 0.3) is 0 Å². The molecule has 0 saturated heterocycles. The van der Waals surface area contributed by atoms with Gasteiger partial charge in [-0.15, -0.1) is 0 Å². The first-order chi connectivity index (χ1) is 19.2. The number of hydrogen-bond acceptors (Lipinski definition) is 4. The number of carbonyl (C=O) groups excluding carboxylic acids is 1. The van der Waals surface area contributed by atoms with Crippen LogP contribution in [0.5, 0.6) is 0 Å². The average Bonchev–Trinajstić information content (AvgIpc) is 2.88. The SMILES string of the molecule is CC(C)[Si](OCc1ccc(C(CNC(=O)O)C(=O)Nc2cc3ccncc3cc2C(C)(C)C)cc1)(C(C)C)C(C)C. The van der Waals surface area contributed by atoms with Crippen LogP contribution in [0.15, 0.2) is 54.9 Å². The van der Waals surface area contributed by atoms with Gasteiger partial charge >= 0.3 is 6.09 Å². The molecule has 1 atom stereocenters. The second-order valence-corrected chi connectivity index (χ2v) is 18.4. The monoisotopic (exact) mass is 577 g/mol. The molecule has 1 aromatic heterocycles. The normalized spacial score (nSPS) is 13.2. The quantitative estimate of drug-likeness (QED) is 0.199. The highest BCUT2D eigenvalue weighted by Gasteiger charge is 2.45. The Morgan fingerprint density at radius 3 is 2.07 bits per heavy atom. The largest absolute Gasteiger partial charge is 0.465 e. The van der Waals surface area contributed by atoms with Gasteiger partial charge in [0.05, 0.1) is 12.5 Å². The molecule has 41 heavy (non-hydrogen) atoms. The van der Waals surface area contributed by atoms with Crippen molar-refractivity contribution in [3.8, 4) is 0 Å². The smallest absolute Gasteiger partial charge is 0.404 e. The van der Waals surface area contributed by atoms with E-state index in [1.54, 1.807) is 6.20 Å². The summed E-state index contributed by atoms with van der Waals surface area (Å²) in [7, 11) is -2.02. The van der Waals surface area contributed by atoms with E-state index in [1.165, 1.54) is 0 Å². The van der Waals surface area contributed by atoms with Gasteiger partial charge in [-0.3, -0.25) is 9.78 Å². The summed E-state index contributed by atoms with van der Waals surface area (Å²) in [6.07, 6.45) is 2.38. The van der Waals surface area contributed by atoms with Gasteiger partial charge in [0.1, 0.15) is 0 Å². The van der Waals surface area contributed by atoms with Gasteiger partial charge in [-0.05, 0) is 62.3 Å². The lowest BCUT2D eigenvalue weighted by Gasteiger charge is -2.42. The van der Waals surface area contributed by atoms with Crippen LogP contribution in [0.1, 0.15) is 84.9 Å². The number of aromatic nitrogens is 1. The van der Waals surface area contributed by atoms with Gasteiger partial charge in [0.2, 0.25) is 14.2 Å². The summed E-state index contributed by atoms with van der Waals surface area (Å²) in [6.45, 7) is 20.4. The minimum atomic E-state index is -2.02. The topological polar surface area (TPSA) is 101 Å². The highest BCUT2D eigenvalue weighted by atomic mass is 28.4. The Morgan fingerprint density at radius 1 is 0.927 bits per heavy atom. The molecule has 222 valence electrons. The summed E-state index contributed by atoms with van der Waals surface area (Å²) in [6, 6.07) is 13.7. The minimum Gasteiger partial charge on any atom is -0.465 e. The third-order valence-electron chi connectivity index (χ3n) is 8.19. The molecule has 0 spiro atoms. The maximum absolute atomic E-state index is 13.7. The van der Waals surface area contributed by atoms with Crippen molar-refractivity contribution in [1.82, 2.24) is 10.3 Å². The molecule has 0 radical (unpaired) electrons. The molecule has 3 N–H and O–H groups in total. The first kappa shape index (κ1) is 32.3. The number of rotatable bonds is 11. The maximum Gasteiger partial charge on any atom is 0.404 e. The lowest BCUT2D eigenvalue weighted by atomic mass is 9.84. The van der Waals surface area contributed by atoms with E-state index in [-0.39, 0.29) is 17.9 Å². The number of nitrogens with zero attached hydrogens (tertiary/aromatic N) is 1. The second kappa shape index (κ2) is 13.2. The van der Waals surface area contributed by atoms with Crippen LogP contribution < -0.4 is 10.6 Å². The van der Waals surface area contributed by atoms with Crippen LogP contribution in [-0.4, -0.2) is 37.0 Å². The van der Waals surface area contributed by atoms with Crippen LogP contribution in [0.4, 0.5) is 10.5 Å². The van der Waals surface area contributed by atoms with Gasteiger partial charge in [-0.1, -0.05) is 86.6 Å². The number of anilines is 1. The molecule has 3 aromatic rings. The van der Waals surface area contributed by atoms with E-state index in [2.05, 4.69) is 84.0 Å². The standard InChI is InChI=1S/C33H47N3O4Si/c1-21(2)41(22(3)4,23(5)6)40-20-24-10-12-25(13-11-24)28(19-35-32(38)39)31(37)36-30-17-26-14-15-34-18-27(26)16-29(30)33(7,8)9/h10-18,21-23,28,35H,19-20H2,1-9H3,(H,36,37)(H,38,39). The lowest BCUT2D eigenvalue weighted by molar-refractivity contribution is -0.117. The van der Waals surface area contributed by atoms with Crippen LogP contribution in [-0.2, 0) is 21.2 Å². The van der Waals surface area contributed by atoms with Crippen molar-refractivity contribution >= 4 is 36.8 Å². The van der Waals surface area contributed by atoms with Crippen LogP contribution >= 0.6 is 0 Å². The summed E-state index contributed by atoms with van der Waals surface area (Å²) < 4.78 is 6.75. The first-order valence-electron chi connectivity index (χ1n) is 14.6. The zero-order valence-corrected chi connectivity index (χ0v) is 27.0. The van der Waals surface area contributed by atoms with E-state index in [0.717, 1.165) is 27.5 Å². The van der Waals surface area contributed by atoms with Crippen LogP contribution in [0.3, 0.4) is 0 Å². The van der Waals surface area contributed by atoms with Gasteiger partial charge in [0.15, 0.2) is 0 Å². The molecule has 2 amide bonds. The van der Waals surface area contributed by atoms with Crippen LogP contribution in [0, 0.1) is 0 Å². The highest BCUT2D eigenvalue weighted by Crippen LogP contribution is 2.42. The molecule has 0 fully saturated rings. The predicted octanol–water partition coefficient (Wildman–Crippen LogP) is 8.21. The second-order valence-electron chi connectivity index (χ2n) is 12.9. The van der Waals surface area contributed by atoms with E-state index >= 15 is 0 Å². The number of benzene rings is 2. The molecule has 7 nitrogen and oxygen atoms in total. The summed E-state index contributed by atoms with van der Waals surface area (Å²) in [5, 5.41) is 16.8. The van der Waals surface area contributed by atoms with Crippen molar-refractivity contribution in [2.24, 2.45) is 0 Å². The van der Waals surface area contributed by atoms with Crippen LogP contribution in [0.25, 0.3) is 10.8 Å². The number of hydrogen-bond donors (Lipinski definition) is 3. The number of nitrogens with one attached hydrogen (secondary N) is 2. The summed E-state index contributed by atoms with van der Waals surface area (Å²) >= 11 is 0. The zero-order valence-electron chi connectivity index (χ0n) is 26.0. The third-order valence-corrected chi connectivity index (χ3v) is 14.3. The lowest BCUT2D eigenvalue weighted by Crippen LogP contribution is -2.47. The Morgan fingerprint density at radius 2 is 1.54 bits per heavy atom. The number of fused-ring (bicyclic) bond motifs is 1. The molecule has 0 saturated carbocycles. The molecule has 2 aromatic carbocycles. The summed E-state index contributed by atoms with van der Waals surface area (Å²) in [4.78, 5) is 29.4.